The lowest BCUT2D eigenvalue weighted by Gasteiger charge is -2.21. The standard InChI is InChI=1S/C24H19ClN2O2/c25-19-13-10-17(11-14-19)12-15-24(29)27-22(20-8-4-5-9-23(20)28)16-21(26-27)18-6-2-1-3-7-18/h1-15,22,28H,16H2/b15-12+/t22-/m0/s1. The fourth-order valence-corrected chi connectivity index (χ4v) is 3.47. The molecular formula is C24H19ClN2O2. The van der Waals surface area contributed by atoms with Crippen LogP contribution in [0.25, 0.3) is 6.08 Å². The Morgan fingerprint density at radius 1 is 1.00 bits per heavy atom. The van der Waals surface area contributed by atoms with Gasteiger partial charge in [-0.25, -0.2) is 5.01 Å². The Labute approximate surface area is 174 Å². The molecule has 0 aliphatic carbocycles. The first-order valence-corrected chi connectivity index (χ1v) is 9.67. The van der Waals surface area contributed by atoms with Gasteiger partial charge in [0.05, 0.1) is 11.8 Å². The summed E-state index contributed by atoms with van der Waals surface area (Å²) < 4.78 is 0. The minimum Gasteiger partial charge on any atom is -0.508 e. The Kier molecular flexibility index (Phi) is 5.45. The molecule has 0 aromatic heterocycles. The number of benzene rings is 3. The summed E-state index contributed by atoms with van der Waals surface area (Å²) in [6.07, 6.45) is 3.76. The Hall–Kier alpha value is -3.37. The zero-order chi connectivity index (χ0) is 20.2. The third kappa shape index (κ3) is 4.23. The van der Waals surface area contributed by atoms with E-state index in [4.69, 9.17) is 11.6 Å². The summed E-state index contributed by atoms with van der Waals surface area (Å²) in [6, 6.07) is 23.7. The average molecular weight is 403 g/mol. The molecule has 5 heteroatoms. The SMILES string of the molecule is O=C(/C=C/c1ccc(Cl)cc1)N1N=C(c2ccccc2)C[C@H]1c1ccccc1O. The Bertz CT molecular complexity index is 1080. The molecule has 3 aromatic carbocycles. The Balaban J connectivity index is 1.65. The minimum absolute atomic E-state index is 0.154. The van der Waals surface area contributed by atoms with Crippen LogP contribution in [0.4, 0.5) is 0 Å². The zero-order valence-electron chi connectivity index (χ0n) is 15.6. The van der Waals surface area contributed by atoms with Gasteiger partial charge in [-0.1, -0.05) is 72.3 Å². The van der Waals surface area contributed by atoms with Gasteiger partial charge in [0.2, 0.25) is 0 Å². The molecule has 1 aliphatic heterocycles. The summed E-state index contributed by atoms with van der Waals surface area (Å²) in [5.74, 6) is -0.0966. The van der Waals surface area contributed by atoms with E-state index in [1.54, 1.807) is 30.3 Å². The number of hydrogen-bond acceptors (Lipinski definition) is 3. The van der Waals surface area contributed by atoms with E-state index in [9.17, 15) is 9.90 Å². The molecule has 0 bridgehead atoms. The van der Waals surface area contributed by atoms with Crippen LogP contribution in [0, 0.1) is 0 Å². The lowest BCUT2D eigenvalue weighted by molar-refractivity contribution is -0.127. The van der Waals surface area contributed by atoms with Gasteiger partial charge in [0.25, 0.3) is 5.91 Å². The highest BCUT2D eigenvalue weighted by Crippen LogP contribution is 2.37. The van der Waals surface area contributed by atoms with Crippen molar-refractivity contribution < 1.29 is 9.90 Å². The van der Waals surface area contributed by atoms with Crippen LogP contribution in [0.3, 0.4) is 0 Å². The van der Waals surface area contributed by atoms with Crippen LogP contribution in [-0.4, -0.2) is 21.7 Å². The van der Waals surface area contributed by atoms with Crippen molar-refractivity contribution in [3.63, 3.8) is 0 Å². The highest BCUT2D eigenvalue weighted by molar-refractivity contribution is 6.30. The number of para-hydroxylation sites is 1. The predicted octanol–water partition coefficient (Wildman–Crippen LogP) is 5.44. The number of halogens is 1. The maximum absolute atomic E-state index is 13.0. The molecule has 4 rings (SSSR count). The van der Waals surface area contributed by atoms with Crippen molar-refractivity contribution in [2.45, 2.75) is 12.5 Å². The van der Waals surface area contributed by atoms with Gasteiger partial charge in [-0.2, -0.15) is 5.10 Å². The molecule has 29 heavy (non-hydrogen) atoms. The smallest absolute Gasteiger partial charge is 0.267 e. The summed E-state index contributed by atoms with van der Waals surface area (Å²) >= 11 is 5.91. The second-order valence-corrected chi connectivity index (χ2v) is 7.20. The topological polar surface area (TPSA) is 52.9 Å². The highest BCUT2D eigenvalue weighted by Gasteiger charge is 2.33. The van der Waals surface area contributed by atoms with Crippen molar-refractivity contribution >= 4 is 29.3 Å². The van der Waals surface area contributed by atoms with Crippen LogP contribution in [0.5, 0.6) is 5.75 Å². The fraction of sp³-hybridized carbons (Fsp3) is 0.0833. The van der Waals surface area contributed by atoms with Gasteiger partial charge in [0.15, 0.2) is 0 Å². The van der Waals surface area contributed by atoms with Gasteiger partial charge in [-0.15, -0.1) is 0 Å². The van der Waals surface area contributed by atoms with Crippen LogP contribution in [-0.2, 0) is 4.79 Å². The van der Waals surface area contributed by atoms with Crippen LogP contribution < -0.4 is 0 Å². The van der Waals surface area contributed by atoms with E-state index in [-0.39, 0.29) is 17.7 Å². The van der Waals surface area contributed by atoms with Crippen molar-refractivity contribution in [3.05, 3.63) is 107 Å². The van der Waals surface area contributed by atoms with Gasteiger partial charge in [0, 0.05) is 23.1 Å². The van der Waals surface area contributed by atoms with E-state index < -0.39 is 0 Å². The number of aromatic hydroxyl groups is 1. The molecule has 0 fully saturated rings. The maximum atomic E-state index is 13.0. The number of carbonyl (C=O) groups is 1. The van der Waals surface area contributed by atoms with Crippen LogP contribution in [0.2, 0.25) is 5.02 Å². The lowest BCUT2D eigenvalue weighted by atomic mass is 9.97. The first-order chi connectivity index (χ1) is 14.1. The van der Waals surface area contributed by atoms with Crippen molar-refractivity contribution in [1.82, 2.24) is 5.01 Å². The largest absolute Gasteiger partial charge is 0.508 e. The van der Waals surface area contributed by atoms with Crippen molar-refractivity contribution in [2.75, 3.05) is 0 Å². The molecule has 0 saturated heterocycles. The molecule has 4 nitrogen and oxygen atoms in total. The molecule has 144 valence electrons. The molecule has 1 N–H and O–H groups in total. The first-order valence-electron chi connectivity index (χ1n) is 9.29. The summed E-state index contributed by atoms with van der Waals surface area (Å²) in [7, 11) is 0. The minimum atomic E-state index is -0.367. The zero-order valence-corrected chi connectivity index (χ0v) is 16.3. The number of rotatable bonds is 4. The molecule has 1 amide bonds. The van der Waals surface area contributed by atoms with E-state index in [0.717, 1.165) is 16.8 Å². The van der Waals surface area contributed by atoms with Gasteiger partial charge >= 0.3 is 0 Å². The van der Waals surface area contributed by atoms with E-state index in [0.29, 0.717) is 17.0 Å². The lowest BCUT2D eigenvalue weighted by Crippen LogP contribution is -2.25. The summed E-state index contributed by atoms with van der Waals surface area (Å²) in [6.45, 7) is 0. The second-order valence-electron chi connectivity index (χ2n) is 6.76. The molecule has 0 spiro atoms. The monoisotopic (exact) mass is 402 g/mol. The maximum Gasteiger partial charge on any atom is 0.267 e. The summed E-state index contributed by atoms with van der Waals surface area (Å²) in [5, 5.41) is 17.0. The van der Waals surface area contributed by atoms with E-state index in [1.807, 2.05) is 54.6 Å². The second kappa shape index (κ2) is 8.33. The van der Waals surface area contributed by atoms with Crippen LogP contribution >= 0.6 is 11.6 Å². The molecule has 1 aliphatic rings. The average Bonchev–Trinajstić information content (AvgIpc) is 3.19. The third-order valence-electron chi connectivity index (χ3n) is 4.83. The number of phenolic OH excluding ortho intramolecular Hbond substituents is 1. The molecule has 1 heterocycles. The van der Waals surface area contributed by atoms with Crippen molar-refractivity contribution in [2.24, 2.45) is 5.10 Å². The first kappa shape index (κ1) is 19.0. The molecule has 0 radical (unpaired) electrons. The summed E-state index contributed by atoms with van der Waals surface area (Å²) in [4.78, 5) is 13.0. The molecule has 3 aromatic rings. The third-order valence-corrected chi connectivity index (χ3v) is 5.08. The number of carbonyl (C=O) groups excluding carboxylic acids is 1. The van der Waals surface area contributed by atoms with Crippen LogP contribution in [0.1, 0.15) is 29.2 Å². The van der Waals surface area contributed by atoms with Gasteiger partial charge in [0.1, 0.15) is 5.75 Å². The van der Waals surface area contributed by atoms with Gasteiger partial charge in [-0.3, -0.25) is 4.79 Å². The van der Waals surface area contributed by atoms with E-state index >= 15 is 0 Å². The normalized spacial score (nSPS) is 16.2. The number of hydrogen-bond donors (Lipinski definition) is 1. The Morgan fingerprint density at radius 3 is 2.41 bits per heavy atom. The number of nitrogens with zero attached hydrogens (tertiary/aromatic N) is 2. The number of hydrazone groups is 1. The molecule has 0 unspecified atom stereocenters. The summed E-state index contributed by atoms with van der Waals surface area (Å²) in [5.41, 5.74) is 3.32. The number of phenols is 1. The quantitative estimate of drug-likeness (QED) is 0.591. The van der Waals surface area contributed by atoms with Crippen LogP contribution in [0.15, 0.2) is 90.0 Å². The van der Waals surface area contributed by atoms with E-state index in [2.05, 4.69) is 5.10 Å². The highest BCUT2D eigenvalue weighted by atomic mass is 35.5. The van der Waals surface area contributed by atoms with E-state index in [1.165, 1.54) is 11.1 Å². The molecular weight excluding hydrogens is 384 g/mol. The van der Waals surface area contributed by atoms with Gasteiger partial charge < -0.3 is 5.11 Å². The molecule has 0 saturated carbocycles. The van der Waals surface area contributed by atoms with Crippen molar-refractivity contribution in [1.29, 1.82) is 0 Å². The number of amides is 1. The Morgan fingerprint density at radius 2 is 1.69 bits per heavy atom. The van der Waals surface area contributed by atoms with Gasteiger partial charge in [-0.05, 0) is 35.4 Å². The fourth-order valence-electron chi connectivity index (χ4n) is 3.35. The van der Waals surface area contributed by atoms with Crippen molar-refractivity contribution in [3.8, 4) is 5.75 Å². The molecule has 1 atom stereocenters. The predicted molar refractivity (Wildman–Crippen MR) is 116 cm³/mol.